The SMILES string of the molecule is [C-]#[N+]c1ccc2c(c1)CO[C@@]2(CCCCN(C)C)c1ccc(F)cc1. The van der Waals surface area contributed by atoms with Crippen molar-refractivity contribution in [3.05, 3.63) is 76.4 Å². The van der Waals surface area contributed by atoms with Crippen LogP contribution in [0.4, 0.5) is 10.1 Å². The summed E-state index contributed by atoms with van der Waals surface area (Å²) in [6.45, 7) is 8.73. The van der Waals surface area contributed by atoms with E-state index in [9.17, 15) is 4.39 Å². The van der Waals surface area contributed by atoms with Crippen LogP contribution in [0.3, 0.4) is 0 Å². The second kappa shape index (κ2) is 7.35. The maximum atomic E-state index is 13.4. The van der Waals surface area contributed by atoms with Crippen LogP contribution in [-0.4, -0.2) is 25.5 Å². The summed E-state index contributed by atoms with van der Waals surface area (Å²) in [4.78, 5) is 5.69. The van der Waals surface area contributed by atoms with Crippen LogP contribution < -0.4 is 0 Å². The number of rotatable bonds is 6. The number of hydrogen-bond donors (Lipinski definition) is 0. The van der Waals surface area contributed by atoms with E-state index in [0.717, 1.165) is 42.5 Å². The smallest absolute Gasteiger partial charge is 0.187 e. The zero-order valence-electron chi connectivity index (χ0n) is 14.8. The molecular formula is C21H23FN2O. The highest BCUT2D eigenvalue weighted by Crippen LogP contribution is 2.46. The number of hydrogen-bond acceptors (Lipinski definition) is 2. The number of unbranched alkanes of at least 4 members (excludes halogenated alkanes) is 1. The van der Waals surface area contributed by atoms with Gasteiger partial charge >= 0.3 is 0 Å². The Kier molecular flexibility index (Phi) is 5.17. The van der Waals surface area contributed by atoms with Gasteiger partial charge in [-0.15, -0.1) is 0 Å². The Balaban J connectivity index is 1.95. The highest BCUT2D eigenvalue weighted by atomic mass is 19.1. The molecule has 0 amide bonds. The van der Waals surface area contributed by atoms with Gasteiger partial charge in [0.2, 0.25) is 0 Å². The van der Waals surface area contributed by atoms with Crippen molar-refractivity contribution in [2.75, 3.05) is 20.6 Å². The topological polar surface area (TPSA) is 16.8 Å². The summed E-state index contributed by atoms with van der Waals surface area (Å²) in [5.41, 5.74) is 3.23. The molecular weight excluding hydrogens is 315 g/mol. The summed E-state index contributed by atoms with van der Waals surface area (Å²) in [5.74, 6) is -0.243. The molecule has 1 atom stereocenters. The monoisotopic (exact) mass is 338 g/mol. The molecule has 0 aliphatic carbocycles. The summed E-state index contributed by atoms with van der Waals surface area (Å²) in [7, 11) is 4.14. The van der Waals surface area contributed by atoms with E-state index in [2.05, 4.69) is 23.8 Å². The molecule has 1 heterocycles. The van der Waals surface area contributed by atoms with E-state index in [1.165, 1.54) is 12.1 Å². The molecule has 3 rings (SSSR count). The first-order chi connectivity index (χ1) is 12.0. The van der Waals surface area contributed by atoms with Crippen molar-refractivity contribution in [2.24, 2.45) is 0 Å². The van der Waals surface area contributed by atoms with E-state index < -0.39 is 5.60 Å². The lowest BCUT2D eigenvalue weighted by atomic mass is 9.81. The quantitative estimate of drug-likeness (QED) is 0.551. The Morgan fingerprint density at radius 3 is 2.60 bits per heavy atom. The molecule has 1 aliphatic rings. The van der Waals surface area contributed by atoms with Crippen LogP contribution in [0.15, 0.2) is 42.5 Å². The molecule has 25 heavy (non-hydrogen) atoms. The van der Waals surface area contributed by atoms with Crippen molar-refractivity contribution in [1.82, 2.24) is 4.90 Å². The lowest BCUT2D eigenvalue weighted by Crippen LogP contribution is -2.27. The van der Waals surface area contributed by atoms with Gasteiger partial charge < -0.3 is 9.64 Å². The third-order valence-corrected chi connectivity index (χ3v) is 4.82. The lowest BCUT2D eigenvalue weighted by molar-refractivity contribution is -0.0136. The highest BCUT2D eigenvalue weighted by Gasteiger charge is 2.41. The van der Waals surface area contributed by atoms with Crippen molar-refractivity contribution in [2.45, 2.75) is 31.5 Å². The average Bonchev–Trinajstić information content (AvgIpc) is 2.98. The van der Waals surface area contributed by atoms with Crippen LogP contribution in [0.2, 0.25) is 0 Å². The van der Waals surface area contributed by atoms with Gasteiger partial charge in [0.05, 0.1) is 13.2 Å². The lowest BCUT2D eigenvalue weighted by Gasteiger charge is -2.31. The van der Waals surface area contributed by atoms with E-state index in [-0.39, 0.29) is 5.82 Å². The summed E-state index contributed by atoms with van der Waals surface area (Å²) in [6.07, 6.45) is 2.94. The number of halogens is 1. The molecule has 0 aromatic heterocycles. The Morgan fingerprint density at radius 1 is 1.16 bits per heavy atom. The first kappa shape index (κ1) is 17.6. The molecule has 0 N–H and O–H groups in total. The molecule has 0 unspecified atom stereocenters. The largest absolute Gasteiger partial charge is 0.361 e. The molecule has 0 spiro atoms. The van der Waals surface area contributed by atoms with Crippen LogP contribution in [0.1, 0.15) is 36.0 Å². The van der Waals surface area contributed by atoms with Crippen LogP contribution in [0.5, 0.6) is 0 Å². The Labute approximate surface area is 148 Å². The fourth-order valence-electron chi connectivity index (χ4n) is 3.55. The van der Waals surface area contributed by atoms with Gasteiger partial charge in [0.15, 0.2) is 5.69 Å². The third kappa shape index (κ3) is 3.58. The molecule has 3 nitrogen and oxygen atoms in total. The molecule has 0 saturated heterocycles. The van der Waals surface area contributed by atoms with Gasteiger partial charge in [-0.25, -0.2) is 9.24 Å². The standard InChI is InChI=1S/C21H23FN2O/c1-23-19-10-11-20-16(14-19)15-25-21(20,12-4-5-13-24(2)3)17-6-8-18(22)9-7-17/h6-11,14H,4-5,12-13,15H2,2-3H3/t21-/m0/s1. The van der Waals surface area contributed by atoms with Crippen LogP contribution in [0.25, 0.3) is 4.85 Å². The maximum Gasteiger partial charge on any atom is 0.187 e. The van der Waals surface area contributed by atoms with E-state index in [0.29, 0.717) is 12.3 Å². The number of fused-ring (bicyclic) bond motifs is 1. The van der Waals surface area contributed by atoms with Crippen molar-refractivity contribution >= 4 is 5.69 Å². The molecule has 130 valence electrons. The molecule has 0 fully saturated rings. The minimum Gasteiger partial charge on any atom is -0.361 e. The second-order valence-electron chi connectivity index (χ2n) is 6.84. The zero-order chi connectivity index (χ0) is 17.9. The van der Waals surface area contributed by atoms with E-state index in [4.69, 9.17) is 11.3 Å². The van der Waals surface area contributed by atoms with Crippen LogP contribution in [0, 0.1) is 12.4 Å². The fraction of sp³-hybridized carbons (Fsp3) is 0.381. The number of benzene rings is 2. The van der Waals surface area contributed by atoms with E-state index in [1.807, 2.05) is 30.3 Å². The summed E-state index contributed by atoms with van der Waals surface area (Å²) in [6, 6.07) is 12.4. The normalized spacial score (nSPS) is 19.0. The third-order valence-electron chi connectivity index (χ3n) is 4.82. The first-order valence-corrected chi connectivity index (χ1v) is 8.61. The minimum absolute atomic E-state index is 0.243. The number of ether oxygens (including phenoxy) is 1. The Morgan fingerprint density at radius 2 is 1.92 bits per heavy atom. The predicted octanol–water partition coefficient (Wildman–Crippen LogP) is 4.88. The fourth-order valence-corrected chi connectivity index (χ4v) is 3.55. The van der Waals surface area contributed by atoms with Gasteiger partial charge in [0.1, 0.15) is 11.4 Å². The van der Waals surface area contributed by atoms with Crippen molar-refractivity contribution in [3.63, 3.8) is 0 Å². The van der Waals surface area contributed by atoms with E-state index in [1.54, 1.807) is 0 Å². The van der Waals surface area contributed by atoms with Crippen molar-refractivity contribution in [1.29, 1.82) is 0 Å². The van der Waals surface area contributed by atoms with Gasteiger partial charge in [0, 0.05) is 0 Å². The van der Waals surface area contributed by atoms with Crippen molar-refractivity contribution < 1.29 is 9.13 Å². The second-order valence-corrected chi connectivity index (χ2v) is 6.84. The number of nitrogens with zero attached hydrogens (tertiary/aromatic N) is 2. The summed E-state index contributed by atoms with van der Waals surface area (Å²) in [5, 5.41) is 0. The molecule has 2 aromatic carbocycles. The first-order valence-electron chi connectivity index (χ1n) is 8.61. The van der Waals surface area contributed by atoms with Gasteiger partial charge in [-0.3, -0.25) is 0 Å². The van der Waals surface area contributed by atoms with E-state index >= 15 is 0 Å². The van der Waals surface area contributed by atoms with Gasteiger partial charge in [-0.1, -0.05) is 30.3 Å². The van der Waals surface area contributed by atoms with Gasteiger partial charge in [-0.05, 0) is 68.7 Å². The molecule has 4 heteroatoms. The zero-order valence-corrected chi connectivity index (χ0v) is 14.8. The summed E-state index contributed by atoms with van der Waals surface area (Å²) >= 11 is 0. The molecule has 1 aliphatic heterocycles. The highest BCUT2D eigenvalue weighted by molar-refractivity contribution is 5.54. The Bertz CT molecular complexity index is 779. The molecule has 0 radical (unpaired) electrons. The van der Waals surface area contributed by atoms with Crippen LogP contribution >= 0.6 is 0 Å². The van der Waals surface area contributed by atoms with Crippen molar-refractivity contribution in [3.8, 4) is 0 Å². The summed E-state index contributed by atoms with van der Waals surface area (Å²) < 4.78 is 19.7. The molecule has 0 bridgehead atoms. The molecule has 2 aromatic rings. The molecule has 0 saturated carbocycles. The van der Waals surface area contributed by atoms with Crippen LogP contribution in [-0.2, 0) is 16.9 Å². The predicted molar refractivity (Wildman–Crippen MR) is 97.1 cm³/mol. The maximum absolute atomic E-state index is 13.4. The average molecular weight is 338 g/mol. The van der Waals surface area contributed by atoms with Gasteiger partial charge in [0.25, 0.3) is 0 Å². The van der Waals surface area contributed by atoms with Gasteiger partial charge in [-0.2, -0.15) is 0 Å². The minimum atomic E-state index is -0.546. The Hall–Kier alpha value is -2.22.